The van der Waals surface area contributed by atoms with E-state index in [2.05, 4.69) is 17.3 Å². The van der Waals surface area contributed by atoms with Crippen molar-refractivity contribution in [1.29, 1.82) is 0 Å². The molecule has 1 aliphatic carbocycles. The summed E-state index contributed by atoms with van der Waals surface area (Å²) in [6.07, 6.45) is -0.389. The number of alkyl halides is 3. The molecule has 1 aromatic heterocycles. The highest BCUT2D eigenvalue weighted by Gasteiger charge is 2.31. The fourth-order valence-corrected chi connectivity index (χ4v) is 2.70. The normalized spacial score (nSPS) is 16.0. The number of rotatable bonds is 5. The zero-order chi connectivity index (χ0) is 17.3. The van der Waals surface area contributed by atoms with Gasteiger partial charge in [0.05, 0.1) is 24.2 Å². The highest BCUT2D eigenvalue weighted by atomic mass is 19.4. The molecule has 1 heterocycles. The molecule has 4 nitrogen and oxygen atoms in total. The van der Waals surface area contributed by atoms with Crippen molar-refractivity contribution in [3.8, 4) is 0 Å². The number of benzene rings is 1. The number of nitrogens with zero attached hydrogens (tertiary/aromatic N) is 2. The van der Waals surface area contributed by atoms with E-state index in [0.717, 1.165) is 12.1 Å². The van der Waals surface area contributed by atoms with Crippen molar-refractivity contribution in [2.45, 2.75) is 38.4 Å². The Labute approximate surface area is 137 Å². The highest BCUT2D eigenvalue weighted by Crippen LogP contribution is 2.40. The lowest BCUT2D eigenvalue weighted by atomic mass is 10.1. The second kappa shape index (κ2) is 6.30. The molecule has 1 aliphatic rings. The van der Waals surface area contributed by atoms with Crippen molar-refractivity contribution in [3.63, 3.8) is 0 Å². The van der Waals surface area contributed by atoms with Gasteiger partial charge in [-0.2, -0.15) is 18.3 Å². The van der Waals surface area contributed by atoms with E-state index in [-0.39, 0.29) is 18.4 Å². The summed E-state index contributed by atoms with van der Waals surface area (Å²) in [6.45, 7) is 2.07. The predicted octanol–water partition coefficient (Wildman–Crippen LogP) is 4.05. The van der Waals surface area contributed by atoms with E-state index >= 15 is 0 Å². The van der Waals surface area contributed by atoms with Gasteiger partial charge in [-0.05, 0) is 43.4 Å². The molecule has 3 rings (SSSR count). The molecule has 0 radical (unpaired) electrons. The Morgan fingerprint density at radius 1 is 1.29 bits per heavy atom. The second-order valence-electron chi connectivity index (χ2n) is 6.16. The summed E-state index contributed by atoms with van der Waals surface area (Å²) in [5.41, 5.74) is -0.190. The SMILES string of the molecule is CC(C1CC1)n1nccc1NC(=O)Cc1ccc(C(F)(F)F)cc1. The minimum Gasteiger partial charge on any atom is -0.311 e. The first-order chi connectivity index (χ1) is 11.3. The summed E-state index contributed by atoms with van der Waals surface area (Å²) in [4.78, 5) is 12.1. The van der Waals surface area contributed by atoms with Crippen LogP contribution in [0.2, 0.25) is 0 Å². The number of carbonyl (C=O) groups is 1. The number of aromatic nitrogens is 2. The molecule has 128 valence electrons. The zero-order valence-corrected chi connectivity index (χ0v) is 13.2. The van der Waals surface area contributed by atoms with Gasteiger partial charge >= 0.3 is 6.18 Å². The largest absolute Gasteiger partial charge is 0.416 e. The molecule has 1 saturated carbocycles. The van der Waals surface area contributed by atoms with Gasteiger partial charge in [-0.3, -0.25) is 4.79 Å². The van der Waals surface area contributed by atoms with Crippen LogP contribution >= 0.6 is 0 Å². The van der Waals surface area contributed by atoms with Gasteiger partial charge in [0.2, 0.25) is 5.91 Å². The molecule has 1 atom stereocenters. The molecule has 0 spiro atoms. The minimum absolute atomic E-state index is 0.0150. The first kappa shape index (κ1) is 16.5. The molecule has 0 bridgehead atoms. The number of hydrogen-bond donors (Lipinski definition) is 1. The summed E-state index contributed by atoms with van der Waals surface area (Å²) in [6, 6.07) is 6.58. The van der Waals surface area contributed by atoms with E-state index in [1.165, 1.54) is 25.0 Å². The number of amides is 1. The van der Waals surface area contributed by atoms with Crippen LogP contribution < -0.4 is 5.32 Å². The van der Waals surface area contributed by atoms with Gasteiger partial charge in [-0.1, -0.05) is 12.1 Å². The molecule has 7 heteroatoms. The van der Waals surface area contributed by atoms with Crippen molar-refractivity contribution in [2.75, 3.05) is 5.32 Å². The Bertz CT molecular complexity index is 717. The average Bonchev–Trinajstić information content (AvgIpc) is 3.26. The molecule has 1 fully saturated rings. The lowest BCUT2D eigenvalue weighted by molar-refractivity contribution is -0.137. The maximum atomic E-state index is 12.5. The molecule has 0 aliphatic heterocycles. The molecule has 1 amide bonds. The molecule has 1 aromatic carbocycles. The summed E-state index contributed by atoms with van der Waals surface area (Å²) >= 11 is 0. The van der Waals surface area contributed by atoms with Gasteiger partial charge in [-0.25, -0.2) is 4.68 Å². The van der Waals surface area contributed by atoms with Crippen LogP contribution in [-0.2, 0) is 17.4 Å². The second-order valence-corrected chi connectivity index (χ2v) is 6.16. The van der Waals surface area contributed by atoms with Gasteiger partial charge in [0.15, 0.2) is 0 Å². The van der Waals surface area contributed by atoms with E-state index in [4.69, 9.17) is 0 Å². The Morgan fingerprint density at radius 3 is 2.54 bits per heavy atom. The maximum absolute atomic E-state index is 12.5. The van der Waals surface area contributed by atoms with E-state index in [1.54, 1.807) is 16.9 Å². The van der Waals surface area contributed by atoms with Gasteiger partial charge in [0, 0.05) is 6.07 Å². The Hall–Kier alpha value is -2.31. The van der Waals surface area contributed by atoms with Gasteiger partial charge in [0.25, 0.3) is 0 Å². The van der Waals surface area contributed by atoms with Crippen LogP contribution in [0.5, 0.6) is 0 Å². The number of anilines is 1. The van der Waals surface area contributed by atoms with Crippen molar-refractivity contribution in [3.05, 3.63) is 47.7 Å². The van der Waals surface area contributed by atoms with Crippen molar-refractivity contribution < 1.29 is 18.0 Å². The van der Waals surface area contributed by atoms with Crippen LogP contribution in [0.4, 0.5) is 19.0 Å². The predicted molar refractivity (Wildman–Crippen MR) is 83.4 cm³/mol. The molecule has 1 N–H and O–H groups in total. The molecular weight excluding hydrogens is 319 g/mol. The zero-order valence-electron chi connectivity index (χ0n) is 13.2. The smallest absolute Gasteiger partial charge is 0.311 e. The Morgan fingerprint density at radius 2 is 1.96 bits per heavy atom. The van der Waals surface area contributed by atoms with Crippen LogP contribution in [0.15, 0.2) is 36.5 Å². The first-order valence-corrected chi connectivity index (χ1v) is 7.84. The summed E-state index contributed by atoms with van der Waals surface area (Å²) in [5, 5.41) is 7.04. The van der Waals surface area contributed by atoms with Crippen LogP contribution in [0.25, 0.3) is 0 Å². The molecule has 2 aromatic rings. The lowest BCUT2D eigenvalue weighted by Gasteiger charge is -2.15. The Balaban J connectivity index is 1.63. The van der Waals surface area contributed by atoms with Crippen molar-refractivity contribution in [2.24, 2.45) is 5.92 Å². The number of halogens is 3. The van der Waals surface area contributed by atoms with Crippen LogP contribution in [-0.4, -0.2) is 15.7 Å². The summed E-state index contributed by atoms with van der Waals surface area (Å²) in [7, 11) is 0. The van der Waals surface area contributed by atoms with Crippen molar-refractivity contribution >= 4 is 11.7 Å². The minimum atomic E-state index is -4.37. The Kier molecular flexibility index (Phi) is 4.34. The monoisotopic (exact) mass is 337 g/mol. The number of hydrogen-bond acceptors (Lipinski definition) is 2. The third-order valence-corrected chi connectivity index (χ3v) is 4.27. The van der Waals surface area contributed by atoms with Crippen LogP contribution in [0.3, 0.4) is 0 Å². The third kappa shape index (κ3) is 3.77. The standard InChI is InChI=1S/C17H18F3N3O/c1-11(13-4-5-13)23-15(8-9-21-23)22-16(24)10-12-2-6-14(7-3-12)17(18,19)20/h2-3,6-9,11,13H,4-5,10H2,1H3,(H,22,24). The van der Waals surface area contributed by atoms with E-state index in [1.807, 2.05) is 0 Å². The molecule has 1 unspecified atom stereocenters. The van der Waals surface area contributed by atoms with E-state index < -0.39 is 11.7 Å². The maximum Gasteiger partial charge on any atom is 0.416 e. The van der Waals surface area contributed by atoms with Gasteiger partial charge < -0.3 is 5.32 Å². The lowest BCUT2D eigenvalue weighted by Crippen LogP contribution is -2.19. The van der Waals surface area contributed by atoms with Crippen LogP contribution in [0.1, 0.15) is 36.9 Å². The average molecular weight is 337 g/mol. The van der Waals surface area contributed by atoms with E-state index in [0.29, 0.717) is 17.3 Å². The fraction of sp³-hybridized carbons (Fsp3) is 0.412. The van der Waals surface area contributed by atoms with Crippen molar-refractivity contribution in [1.82, 2.24) is 9.78 Å². The van der Waals surface area contributed by atoms with Gasteiger partial charge in [0.1, 0.15) is 5.82 Å². The molecular formula is C17H18F3N3O. The quantitative estimate of drug-likeness (QED) is 0.894. The fourth-order valence-electron chi connectivity index (χ4n) is 2.70. The first-order valence-electron chi connectivity index (χ1n) is 7.84. The molecule has 0 saturated heterocycles. The van der Waals surface area contributed by atoms with Crippen LogP contribution in [0, 0.1) is 5.92 Å². The summed E-state index contributed by atoms with van der Waals surface area (Å²) < 4.78 is 39.4. The topological polar surface area (TPSA) is 46.9 Å². The number of carbonyl (C=O) groups excluding carboxylic acids is 1. The number of nitrogens with one attached hydrogen (secondary N) is 1. The van der Waals surface area contributed by atoms with Gasteiger partial charge in [-0.15, -0.1) is 0 Å². The third-order valence-electron chi connectivity index (χ3n) is 4.27. The molecule has 24 heavy (non-hydrogen) atoms. The highest BCUT2D eigenvalue weighted by molar-refractivity contribution is 5.91. The van der Waals surface area contributed by atoms with E-state index in [9.17, 15) is 18.0 Å². The summed E-state index contributed by atoms with van der Waals surface area (Å²) in [5.74, 6) is 0.932.